The number of halogens is 6. The summed E-state index contributed by atoms with van der Waals surface area (Å²) >= 11 is 0. The van der Waals surface area contributed by atoms with Crippen LogP contribution in [0.1, 0.15) is 57.2 Å². The minimum absolute atomic E-state index is 0.0264. The SMILES string of the molecule is COCOCC(C)(CCc1ccc(OCCCc2cccc(OC(F)(F)F)c2)c(C(F)(F)F)c1)NC(=O)OC(C)(C)C. The fourth-order valence-corrected chi connectivity index (χ4v) is 3.93. The molecule has 0 fully saturated rings. The van der Waals surface area contributed by atoms with Crippen LogP contribution in [0.5, 0.6) is 11.5 Å². The molecule has 0 aliphatic rings. The number of nitrogens with one attached hydrogen (secondary N) is 1. The summed E-state index contributed by atoms with van der Waals surface area (Å²) in [5, 5.41) is 2.75. The second-order valence-electron chi connectivity index (χ2n) is 10.9. The van der Waals surface area contributed by atoms with E-state index in [9.17, 15) is 31.1 Å². The molecule has 2 rings (SSSR count). The molecule has 236 valence electrons. The van der Waals surface area contributed by atoms with E-state index < -0.39 is 35.3 Å². The highest BCUT2D eigenvalue weighted by Gasteiger charge is 2.35. The van der Waals surface area contributed by atoms with E-state index in [-0.39, 0.29) is 57.2 Å². The average Bonchev–Trinajstić information content (AvgIpc) is 2.83. The molecule has 0 aromatic heterocycles. The van der Waals surface area contributed by atoms with Gasteiger partial charge in [-0.05, 0) is 88.8 Å². The summed E-state index contributed by atoms with van der Waals surface area (Å²) in [5.41, 5.74) is -1.81. The lowest BCUT2D eigenvalue weighted by Crippen LogP contribution is -2.51. The number of ether oxygens (including phenoxy) is 5. The number of carbonyl (C=O) groups is 1. The number of aryl methyl sites for hydroxylation is 2. The van der Waals surface area contributed by atoms with E-state index in [1.807, 2.05) is 0 Å². The van der Waals surface area contributed by atoms with Crippen molar-refractivity contribution >= 4 is 6.09 Å². The molecule has 0 heterocycles. The molecule has 0 saturated heterocycles. The molecule has 2 aromatic carbocycles. The molecule has 2 aromatic rings. The second-order valence-corrected chi connectivity index (χ2v) is 10.9. The smallest absolute Gasteiger partial charge is 0.493 e. The Morgan fingerprint density at radius 3 is 2.21 bits per heavy atom. The zero-order valence-corrected chi connectivity index (χ0v) is 24.2. The number of carbonyl (C=O) groups excluding carboxylic acids is 1. The number of alkyl carbamates (subject to hydrolysis) is 1. The van der Waals surface area contributed by atoms with E-state index in [0.29, 0.717) is 11.1 Å². The summed E-state index contributed by atoms with van der Waals surface area (Å²) in [6, 6.07) is 9.10. The molecule has 42 heavy (non-hydrogen) atoms. The van der Waals surface area contributed by atoms with Crippen molar-refractivity contribution in [1.82, 2.24) is 5.32 Å². The number of rotatable bonds is 14. The van der Waals surface area contributed by atoms with Gasteiger partial charge >= 0.3 is 18.6 Å². The molecule has 1 N–H and O–H groups in total. The largest absolute Gasteiger partial charge is 0.573 e. The number of alkyl halides is 6. The summed E-state index contributed by atoms with van der Waals surface area (Å²) in [6.07, 6.45) is -9.30. The van der Waals surface area contributed by atoms with Gasteiger partial charge in [0.15, 0.2) is 0 Å². The van der Waals surface area contributed by atoms with E-state index >= 15 is 0 Å². The molecule has 0 aliphatic carbocycles. The van der Waals surface area contributed by atoms with Gasteiger partial charge in [-0.3, -0.25) is 0 Å². The van der Waals surface area contributed by atoms with Crippen molar-refractivity contribution < 1.29 is 54.8 Å². The van der Waals surface area contributed by atoms with Crippen LogP contribution in [0.25, 0.3) is 0 Å². The number of amides is 1. The van der Waals surface area contributed by atoms with Gasteiger partial charge in [0.25, 0.3) is 0 Å². The molecule has 1 unspecified atom stereocenters. The minimum Gasteiger partial charge on any atom is -0.493 e. The number of methoxy groups -OCH3 is 1. The number of hydrogen-bond acceptors (Lipinski definition) is 6. The Hall–Kier alpha value is -3.19. The third kappa shape index (κ3) is 13.2. The molecule has 0 saturated carbocycles. The van der Waals surface area contributed by atoms with E-state index in [2.05, 4.69) is 10.1 Å². The summed E-state index contributed by atoms with van der Waals surface area (Å²) in [7, 11) is 1.44. The van der Waals surface area contributed by atoms with Crippen LogP contribution in [0, 0.1) is 0 Å². The van der Waals surface area contributed by atoms with Crippen LogP contribution in [-0.4, -0.2) is 50.7 Å². The fourth-order valence-electron chi connectivity index (χ4n) is 3.93. The predicted molar refractivity (Wildman–Crippen MR) is 142 cm³/mol. The highest BCUT2D eigenvalue weighted by Crippen LogP contribution is 2.37. The van der Waals surface area contributed by atoms with Gasteiger partial charge < -0.3 is 29.0 Å². The van der Waals surface area contributed by atoms with Crippen LogP contribution in [-0.2, 0) is 33.2 Å². The van der Waals surface area contributed by atoms with Crippen molar-refractivity contribution in [3.05, 3.63) is 59.2 Å². The van der Waals surface area contributed by atoms with Crippen LogP contribution in [0.15, 0.2) is 42.5 Å². The molecule has 1 atom stereocenters. The summed E-state index contributed by atoms with van der Waals surface area (Å²) < 4.78 is 104. The molecule has 0 bridgehead atoms. The zero-order valence-electron chi connectivity index (χ0n) is 24.2. The van der Waals surface area contributed by atoms with E-state index in [4.69, 9.17) is 18.9 Å². The van der Waals surface area contributed by atoms with Gasteiger partial charge in [-0.1, -0.05) is 18.2 Å². The number of hydrogen-bond donors (Lipinski definition) is 1. The molecule has 0 spiro atoms. The van der Waals surface area contributed by atoms with Crippen LogP contribution >= 0.6 is 0 Å². The van der Waals surface area contributed by atoms with Gasteiger partial charge in [-0.15, -0.1) is 13.2 Å². The van der Waals surface area contributed by atoms with Gasteiger partial charge in [-0.2, -0.15) is 13.2 Å². The molecular weight excluding hydrogens is 572 g/mol. The fraction of sp³-hybridized carbons (Fsp3) is 0.552. The maximum absolute atomic E-state index is 13.9. The third-order valence-electron chi connectivity index (χ3n) is 5.74. The normalized spacial score (nSPS) is 13.8. The molecule has 13 heteroatoms. The van der Waals surface area contributed by atoms with E-state index in [1.54, 1.807) is 33.8 Å². The van der Waals surface area contributed by atoms with Gasteiger partial charge in [0, 0.05) is 7.11 Å². The maximum atomic E-state index is 13.9. The monoisotopic (exact) mass is 609 g/mol. The van der Waals surface area contributed by atoms with Crippen molar-refractivity contribution in [2.45, 2.75) is 77.1 Å². The first-order valence-corrected chi connectivity index (χ1v) is 13.1. The Morgan fingerprint density at radius 1 is 0.905 bits per heavy atom. The Bertz CT molecular complexity index is 1150. The van der Waals surface area contributed by atoms with Crippen molar-refractivity contribution in [3.8, 4) is 11.5 Å². The first-order valence-electron chi connectivity index (χ1n) is 13.1. The Morgan fingerprint density at radius 2 is 1.60 bits per heavy atom. The van der Waals surface area contributed by atoms with E-state index in [0.717, 1.165) is 12.1 Å². The second kappa shape index (κ2) is 14.8. The molecule has 0 radical (unpaired) electrons. The Balaban J connectivity index is 2.06. The molecule has 1 amide bonds. The molecule has 0 aliphatic heterocycles. The lowest BCUT2D eigenvalue weighted by Gasteiger charge is -2.32. The van der Waals surface area contributed by atoms with Crippen LogP contribution < -0.4 is 14.8 Å². The average molecular weight is 610 g/mol. The highest BCUT2D eigenvalue weighted by molar-refractivity contribution is 5.68. The molecule has 7 nitrogen and oxygen atoms in total. The van der Waals surface area contributed by atoms with Gasteiger partial charge in [0.2, 0.25) is 0 Å². The van der Waals surface area contributed by atoms with Gasteiger partial charge in [0.1, 0.15) is 23.9 Å². The number of benzene rings is 2. The van der Waals surface area contributed by atoms with Crippen LogP contribution in [0.4, 0.5) is 31.1 Å². The highest BCUT2D eigenvalue weighted by atomic mass is 19.4. The standard InChI is InChI=1S/C29H37F6NO6/c1-26(2,3)42-25(37)36-27(4,18-39-19-38-5)14-13-21-11-12-24(23(17-21)28(30,31)32)40-15-7-9-20-8-6-10-22(16-20)41-29(33,34)35/h6,8,10-12,16-17H,7,9,13-15,18-19H2,1-5H3,(H,36,37). The summed E-state index contributed by atoms with van der Waals surface area (Å²) in [4.78, 5) is 12.4. The zero-order chi connectivity index (χ0) is 31.6. The van der Waals surface area contributed by atoms with Crippen LogP contribution in [0.3, 0.4) is 0 Å². The van der Waals surface area contributed by atoms with Gasteiger partial charge in [0.05, 0.1) is 24.3 Å². The first-order chi connectivity index (χ1) is 19.4. The Labute approximate surface area is 241 Å². The predicted octanol–water partition coefficient (Wildman–Crippen LogP) is 7.45. The lowest BCUT2D eigenvalue weighted by molar-refractivity contribution is -0.274. The topological polar surface area (TPSA) is 75.3 Å². The minimum atomic E-state index is -4.83. The molecular formula is C29H37F6NO6. The Kier molecular flexibility index (Phi) is 12.3. The third-order valence-corrected chi connectivity index (χ3v) is 5.74. The van der Waals surface area contributed by atoms with Crippen molar-refractivity contribution in [2.75, 3.05) is 27.1 Å². The van der Waals surface area contributed by atoms with Crippen molar-refractivity contribution in [3.63, 3.8) is 0 Å². The quantitative estimate of drug-likeness (QED) is 0.136. The maximum Gasteiger partial charge on any atom is 0.573 e. The van der Waals surface area contributed by atoms with Crippen molar-refractivity contribution in [2.24, 2.45) is 0 Å². The summed E-state index contributed by atoms with van der Waals surface area (Å²) in [5.74, 6) is -0.739. The van der Waals surface area contributed by atoms with Crippen LogP contribution in [0.2, 0.25) is 0 Å². The lowest BCUT2D eigenvalue weighted by atomic mass is 9.93. The summed E-state index contributed by atoms with van der Waals surface area (Å²) in [6.45, 7) is 6.71. The first kappa shape index (κ1) is 35.0. The van der Waals surface area contributed by atoms with E-state index in [1.165, 1.54) is 31.4 Å². The van der Waals surface area contributed by atoms with Gasteiger partial charge in [-0.25, -0.2) is 4.79 Å². The van der Waals surface area contributed by atoms with Crippen molar-refractivity contribution in [1.29, 1.82) is 0 Å².